The maximum atomic E-state index is 13.9. The molecule has 1 atom stereocenters. The van der Waals surface area contributed by atoms with Gasteiger partial charge in [0.15, 0.2) is 0 Å². The SMILES string of the molecule is Fc1ccc(Cl)cc1-c1cn[nH]c1C1CCCN1. The number of hydrogen-bond donors (Lipinski definition) is 2. The number of aromatic amines is 1. The van der Waals surface area contributed by atoms with Crippen LogP contribution in [-0.4, -0.2) is 16.7 Å². The van der Waals surface area contributed by atoms with E-state index in [0.717, 1.165) is 30.6 Å². The van der Waals surface area contributed by atoms with Crippen molar-refractivity contribution < 1.29 is 4.39 Å². The number of nitrogens with one attached hydrogen (secondary N) is 2. The monoisotopic (exact) mass is 265 g/mol. The first-order valence-electron chi connectivity index (χ1n) is 5.98. The number of aromatic nitrogens is 2. The van der Waals surface area contributed by atoms with Gasteiger partial charge < -0.3 is 5.32 Å². The first-order chi connectivity index (χ1) is 8.75. The molecule has 1 aliphatic heterocycles. The zero-order chi connectivity index (χ0) is 12.5. The predicted octanol–water partition coefficient (Wildman–Crippen LogP) is 3.29. The van der Waals surface area contributed by atoms with Gasteiger partial charge in [0.05, 0.1) is 11.9 Å². The number of benzene rings is 1. The van der Waals surface area contributed by atoms with Crippen molar-refractivity contribution >= 4 is 11.6 Å². The van der Waals surface area contributed by atoms with Gasteiger partial charge >= 0.3 is 0 Å². The molecular formula is C13H13ClFN3. The summed E-state index contributed by atoms with van der Waals surface area (Å²) < 4.78 is 13.9. The highest BCUT2D eigenvalue weighted by molar-refractivity contribution is 6.30. The molecule has 1 unspecified atom stereocenters. The Bertz CT molecular complexity index is 561. The maximum Gasteiger partial charge on any atom is 0.131 e. The van der Waals surface area contributed by atoms with Crippen molar-refractivity contribution in [3.8, 4) is 11.1 Å². The summed E-state index contributed by atoms with van der Waals surface area (Å²) in [5.41, 5.74) is 2.23. The fourth-order valence-corrected chi connectivity index (χ4v) is 2.58. The van der Waals surface area contributed by atoms with Gasteiger partial charge in [-0.2, -0.15) is 5.10 Å². The Labute approximate surface area is 109 Å². The number of nitrogens with zero attached hydrogens (tertiary/aromatic N) is 1. The van der Waals surface area contributed by atoms with Crippen molar-refractivity contribution in [3.63, 3.8) is 0 Å². The van der Waals surface area contributed by atoms with Gasteiger partial charge in [0.2, 0.25) is 0 Å². The second kappa shape index (κ2) is 4.71. The summed E-state index contributed by atoms with van der Waals surface area (Å²) in [7, 11) is 0. The fourth-order valence-electron chi connectivity index (χ4n) is 2.41. The minimum Gasteiger partial charge on any atom is -0.309 e. The second-order valence-corrected chi connectivity index (χ2v) is 4.91. The number of rotatable bonds is 2. The minimum absolute atomic E-state index is 0.223. The quantitative estimate of drug-likeness (QED) is 0.875. The molecule has 5 heteroatoms. The molecule has 2 N–H and O–H groups in total. The average molecular weight is 266 g/mol. The fraction of sp³-hybridized carbons (Fsp3) is 0.308. The third-order valence-electron chi connectivity index (χ3n) is 3.30. The third kappa shape index (κ3) is 2.02. The Balaban J connectivity index is 2.06. The van der Waals surface area contributed by atoms with Crippen LogP contribution in [0.1, 0.15) is 24.6 Å². The lowest BCUT2D eigenvalue weighted by Gasteiger charge is -2.11. The molecule has 3 nitrogen and oxygen atoms in total. The van der Waals surface area contributed by atoms with E-state index in [0.29, 0.717) is 10.6 Å². The molecule has 0 bridgehead atoms. The van der Waals surface area contributed by atoms with E-state index in [1.165, 1.54) is 6.07 Å². The zero-order valence-electron chi connectivity index (χ0n) is 9.71. The Morgan fingerprint density at radius 2 is 2.22 bits per heavy atom. The summed E-state index contributed by atoms with van der Waals surface area (Å²) in [5, 5.41) is 10.9. The standard InChI is InChI=1S/C13H13ClFN3/c14-8-3-4-11(15)9(6-8)10-7-17-18-13(10)12-2-1-5-16-12/h3-4,6-7,12,16H,1-2,5H2,(H,17,18). The highest BCUT2D eigenvalue weighted by Crippen LogP contribution is 2.33. The van der Waals surface area contributed by atoms with Crippen LogP contribution in [0.2, 0.25) is 5.02 Å². The third-order valence-corrected chi connectivity index (χ3v) is 3.53. The van der Waals surface area contributed by atoms with Crippen LogP contribution in [0.5, 0.6) is 0 Å². The van der Waals surface area contributed by atoms with Gasteiger partial charge in [0.1, 0.15) is 5.82 Å². The summed E-state index contributed by atoms with van der Waals surface area (Å²) in [6.07, 6.45) is 3.82. The number of hydrogen-bond acceptors (Lipinski definition) is 2. The molecule has 1 aliphatic rings. The summed E-state index contributed by atoms with van der Waals surface area (Å²) in [5.74, 6) is -0.278. The molecule has 0 amide bonds. The normalized spacial score (nSPS) is 19.3. The molecule has 2 heterocycles. The molecule has 0 spiro atoms. The molecule has 94 valence electrons. The first-order valence-corrected chi connectivity index (χ1v) is 6.35. The largest absolute Gasteiger partial charge is 0.309 e. The lowest BCUT2D eigenvalue weighted by molar-refractivity contribution is 0.620. The van der Waals surface area contributed by atoms with E-state index in [1.54, 1.807) is 18.3 Å². The smallest absolute Gasteiger partial charge is 0.131 e. The van der Waals surface area contributed by atoms with Crippen LogP contribution in [-0.2, 0) is 0 Å². The Kier molecular flexibility index (Phi) is 3.06. The molecule has 1 aromatic heterocycles. The molecule has 1 aromatic carbocycles. The highest BCUT2D eigenvalue weighted by Gasteiger charge is 2.22. The van der Waals surface area contributed by atoms with Gasteiger partial charge in [0, 0.05) is 22.2 Å². The molecule has 0 saturated carbocycles. The van der Waals surface area contributed by atoms with Crippen molar-refractivity contribution in [1.82, 2.24) is 15.5 Å². The average Bonchev–Trinajstić information content (AvgIpc) is 3.00. The number of H-pyrrole nitrogens is 1. The molecular weight excluding hydrogens is 253 g/mol. The van der Waals surface area contributed by atoms with Gasteiger partial charge in [0.25, 0.3) is 0 Å². The van der Waals surface area contributed by atoms with E-state index in [-0.39, 0.29) is 11.9 Å². The Morgan fingerprint density at radius 3 is 3.00 bits per heavy atom. The molecule has 2 aromatic rings. The van der Waals surface area contributed by atoms with E-state index in [2.05, 4.69) is 15.5 Å². The van der Waals surface area contributed by atoms with Crippen molar-refractivity contribution in [1.29, 1.82) is 0 Å². The molecule has 0 aliphatic carbocycles. The van der Waals surface area contributed by atoms with Crippen LogP contribution in [0.15, 0.2) is 24.4 Å². The van der Waals surface area contributed by atoms with Crippen molar-refractivity contribution in [2.45, 2.75) is 18.9 Å². The van der Waals surface area contributed by atoms with Gasteiger partial charge in [-0.1, -0.05) is 11.6 Å². The van der Waals surface area contributed by atoms with Gasteiger partial charge in [-0.05, 0) is 37.6 Å². The van der Waals surface area contributed by atoms with Crippen LogP contribution in [0, 0.1) is 5.82 Å². The van der Waals surface area contributed by atoms with Crippen LogP contribution >= 0.6 is 11.6 Å². The number of halogens is 2. The minimum atomic E-state index is -0.278. The summed E-state index contributed by atoms with van der Waals surface area (Å²) in [6.45, 7) is 0.987. The molecule has 0 radical (unpaired) electrons. The van der Waals surface area contributed by atoms with Crippen LogP contribution in [0.3, 0.4) is 0 Å². The molecule has 1 saturated heterocycles. The van der Waals surface area contributed by atoms with E-state index < -0.39 is 0 Å². The van der Waals surface area contributed by atoms with Crippen molar-refractivity contribution in [2.75, 3.05) is 6.54 Å². The predicted molar refractivity (Wildman–Crippen MR) is 69.0 cm³/mol. The van der Waals surface area contributed by atoms with Gasteiger partial charge in [-0.15, -0.1) is 0 Å². The lowest BCUT2D eigenvalue weighted by Crippen LogP contribution is -2.14. The van der Waals surface area contributed by atoms with Crippen LogP contribution in [0.25, 0.3) is 11.1 Å². The molecule has 1 fully saturated rings. The van der Waals surface area contributed by atoms with E-state index in [1.807, 2.05) is 0 Å². The Morgan fingerprint density at radius 1 is 1.33 bits per heavy atom. The Hall–Kier alpha value is -1.39. The van der Waals surface area contributed by atoms with Gasteiger partial charge in [-0.25, -0.2) is 4.39 Å². The second-order valence-electron chi connectivity index (χ2n) is 4.47. The maximum absolute atomic E-state index is 13.9. The lowest BCUT2D eigenvalue weighted by atomic mass is 10.0. The zero-order valence-corrected chi connectivity index (χ0v) is 10.5. The van der Waals surface area contributed by atoms with E-state index >= 15 is 0 Å². The van der Waals surface area contributed by atoms with E-state index in [9.17, 15) is 4.39 Å². The van der Waals surface area contributed by atoms with Crippen LogP contribution < -0.4 is 5.32 Å². The summed E-state index contributed by atoms with van der Waals surface area (Å²) in [6, 6.07) is 4.80. The van der Waals surface area contributed by atoms with Crippen molar-refractivity contribution in [3.05, 3.63) is 40.9 Å². The van der Waals surface area contributed by atoms with Crippen molar-refractivity contribution in [2.24, 2.45) is 0 Å². The highest BCUT2D eigenvalue weighted by atomic mass is 35.5. The summed E-state index contributed by atoms with van der Waals surface area (Å²) >= 11 is 5.93. The topological polar surface area (TPSA) is 40.7 Å². The molecule has 18 heavy (non-hydrogen) atoms. The van der Waals surface area contributed by atoms with E-state index in [4.69, 9.17) is 11.6 Å². The summed E-state index contributed by atoms with van der Waals surface area (Å²) in [4.78, 5) is 0. The van der Waals surface area contributed by atoms with Crippen LogP contribution in [0.4, 0.5) is 4.39 Å². The van der Waals surface area contributed by atoms with Gasteiger partial charge in [-0.3, -0.25) is 5.10 Å². The molecule has 3 rings (SSSR count). The first kappa shape index (κ1) is 11.7.